The van der Waals surface area contributed by atoms with Crippen LogP contribution in [-0.2, 0) is 11.2 Å². The first-order chi connectivity index (χ1) is 14.4. The second-order valence-electron chi connectivity index (χ2n) is 7.94. The van der Waals surface area contributed by atoms with E-state index in [2.05, 4.69) is 23.7 Å². The van der Waals surface area contributed by atoms with E-state index in [1.54, 1.807) is 14.2 Å². The summed E-state index contributed by atoms with van der Waals surface area (Å²) in [6.45, 7) is 9.22. The first kappa shape index (κ1) is 21.9. The van der Waals surface area contributed by atoms with Crippen molar-refractivity contribution in [3.8, 4) is 11.5 Å². The Hall–Kier alpha value is -2.83. The number of benzene rings is 1. The van der Waals surface area contributed by atoms with Crippen molar-refractivity contribution >= 4 is 11.7 Å². The van der Waals surface area contributed by atoms with Crippen LogP contribution >= 0.6 is 0 Å². The van der Waals surface area contributed by atoms with Gasteiger partial charge in [-0.2, -0.15) is 0 Å². The lowest BCUT2D eigenvalue weighted by atomic mass is 10.1. The zero-order chi connectivity index (χ0) is 21.7. The molecule has 30 heavy (non-hydrogen) atoms. The molecule has 3 rings (SSSR count). The lowest BCUT2D eigenvalue weighted by Gasteiger charge is -2.35. The van der Waals surface area contributed by atoms with Crippen LogP contribution in [0.25, 0.3) is 0 Å². The highest BCUT2D eigenvalue weighted by atomic mass is 16.5. The van der Waals surface area contributed by atoms with Gasteiger partial charge in [0, 0.05) is 50.3 Å². The number of ether oxygens (including phenoxy) is 2. The Morgan fingerprint density at radius 1 is 1.03 bits per heavy atom. The lowest BCUT2D eigenvalue weighted by Crippen LogP contribution is -2.49. The molecule has 1 aliphatic rings. The number of rotatable bonds is 7. The molecule has 1 aromatic heterocycles. The van der Waals surface area contributed by atoms with E-state index in [9.17, 15) is 4.79 Å². The summed E-state index contributed by atoms with van der Waals surface area (Å²) in [5.74, 6) is 3.71. The van der Waals surface area contributed by atoms with Gasteiger partial charge in [-0.05, 0) is 31.0 Å². The van der Waals surface area contributed by atoms with Crippen molar-refractivity contribution in [1.29, 1.82) is 0 Å². The number of methoxy groups -OCH3 is 2. The van der Waals surface area contributed by atoms with Gasteiger partial charge in [0.05, 0.1) is 14.2 Å². The van der Waals surface area contributed by atoms with E-state index in [-0.39, 0.29) is 5.91 Å². The maximum Gasteiger partial charge on any atom is 0.223 e. The van der Waals surface area contributed by atoms with E-state index in [0.717, 1.165) is 36.0 Å². The van der Waals surface area contributed by atoms with Crippen LogP contribution in [0.2, 0.25) is 0 Å². The molecule has 0 radical (unpaired) electrons. The molecule has 1 amide bonds. The summed E-state index contributed by atoms with van der Waals surface area (Å²) in [6, 6.07) is 7.83. The maximum atomic E-state index is 12.7. The van der Waals surface area contributed by atoms with Crippen molar-refractivity contribution in [2.24, 2.45) is 0 Å². The van der Waals surface area contributed by atoms with Crippen LogP contribution in [0.3, 0.4) is 0 Å². The van der Waals surface area contributed by atoms with Crippen molar-refractivity contribution in [3.63, 3.8) is 0 Å². The number of hydrogen-bond donors (Lipinski definition) is 0. The fraction of sp³-hybridized carbons (Fsp3) is 0.522. The van der Waals surface area contributed by atoms with Crippen molar-refractivity contribution in [2.75, 3.05) is 45.3 Å². The molecule has 7 heteroatoms. The van der Waals surface area contributed by atoms with Crippen molar-refractivity contribution < 1.29 is 14.3 Å². The third-order valence-electron chi connectivity index (χ3n) is 5.41. The van der Waals surface area contributed by atoms with Gasteiger partial charge in [-0.1, -0.05) is 19.9 Å². The molecule has 0 saturated carbocycles. The minimum absolute atomic E-state index is 0.186. The second-order valence-corrected chi connectivity index (χ2v) is 7.94. The summed E-state index contributed by atoms with van der Waals surface area (Å²) in [5, 5.41) is 0. The molecule has 7 nitrogen and oxygen atoms in total. The van der Waals surface area contributed by atoms with Crippen LogP contribution in [0.15, 0.2) is 24.3 Å². The highest BCUT2D eigenvalue weighted by molar-refractivity contribution is 5.76. The van der Waals surface area contributed by atoms with Gasteiger partial charge in [0.2, 0.25) is 5.91 Å². The quantitative estimate of drug-likeness (QED) is 0.696. The maximum absolute atomic E-state index is 12.7. The number of aromatic nitrogens is 2. The molecular formula is C23H32N4O3. The monoisotopic (exact) mass is 412 g/mol. The first-order valence-electron chi connectivity index (χ1n) is 10.5. The van der Waals surface area contributed by atoms with Gasteiger partial charge in [-0.25, -0.2) is 9.97 Å². The molecule has 1 fully saturated rings. The molecule has 2 aromatic rings. The predicted molar refractivity (Wildman–Crippen MR) is 118 cm³/mol. The normalized spacial score (nSPS) is 14.2. The van der Waals surface area contributed by atoms with E-state index in [0.29, 0.717) is 43.3 Å². The Bertz CT molecular complexity index is 877. The summed E-state index contributed by atoms with van der Waals surface area (Å²) >= 11 is 0. The van der Waals surface area contributed by atoms with Crippen LogP contribution in [-0.4, -0.2) is 61.2 Å². The fourth-order valence-corrected chi connectivity index (χ4v) is 3.63. The number of hydrogen-bond acceptors (Lipinski definition) is 6. The van der Waals surface area contributed by atoms with Gasteiger partial charge in [0.15, 0.2) is 11.5 Å². The van der Waals surface area contributed by atoms with Gasteiger partial charge in [-0.15, -0.1) is 0 Å². The van der Waals surface area contributed by atoms with Gasteiger partial charge in [0.1, 0.15) is 11.6 Å². The molecule has 0 atom stereocenters. The highest BCUT2D eigenvalue weighted by Crippen LogP contribution is 2.28. The van der Waals surface area contributed by atoms with E-state index in [1.165, 1.54) is 0 Å². The Balaban J connectivity index is 1.54. The molecule has 1 aromatic carbocycles. The second kappa shape index (κ2) is 9.78. The zero-order valence-electron chi connectivity index (χ0n) is 18.6. The minimum atomic E-state index is 0.186. The molecule has 162 valence electrons. The van der Waals surface area contributed by atoms with Gasteiger partial charge in [0.25, 0.3) is 0 Å². The largest absolute Gasteiger partial charge is 0.493 e. The molecule has 2 heterocycles. The van der Waals surface area contributed by atoms with Gasteiger partial charge in [-0.3, -0.25) is 4.79 Å². The van der Waals surface area contributed by atoms with Gasteiger partial charge >= 0.3 is 0 Å². The Kier molecular flexibility index (Phi) is 7.13. The van der Waals surface area contributed by atoms with Crippen molar-refractivity contribution in [3.05, 3.63) is 41.3 Å². The standard InChI is InChI=1S/C23H32N4O3/c1-16(2)23-24-17(3)14-21(25-23)26-10-12-27(13-11-26)22(28)9-7-18-6-8-19(29-4)20(15-18)30-5/h6,8,14-16H,7,9-13H2,1-5H3. The highest BCUT2D eigenvalue weighted by Gasteiger charge is 2.22. The molecule has 0 bridgehead atoms. The topological polar surface area (TPSA) is 67.8 Å². The van der Waals surface area contributed by atoms with E-state index in [1.807, 2.05) is 36.1 Å². The third kappa shape index (κ3) is 5.20. The molecular weight excluding hydrogens is 380 g/mol. The van der Waals surface area contributed by atoms with Crippen LogP contribution in [0, 0.1) is 6.92 Å². The number of aryl methyl sites for hydroxylation is 2. The van der Waals surface area contributed by atoms with Crippen LogP contribution in [0.5, 0.6) is 11.5 Å². The third-order valence-corrected chi connectivity index (χ3v) is 5.41. The summed E-state index contributed by atoms with van der Waals surface area (Å²) in [7, 11) is 3.24. The minimum Gasteiger partial charge on any atom is -0.493 e. The Morgan fingerprint density at radius 3 is 2.37 bits per heavy atom. The number of anilines is 1. The number of piperazine rings is 1. The molecule has 0 spiro atoms. The fourth-order valence-electron chi connectivity index (χ4n) is 3.63. The molecule has 1 saturated heterocycles. The van der Waals surface area contributed by atoms with E-state index >= 15 is 0 Å². The molecule has 0 unspecified atom stereocenters. The zero-order valence-corrected chi connectivity index (χ0v) is 18.6. The summed E-state index contributed by atoms with van der Waals surface area (Å²) in [4.78, 5) is 26.2. The molecule has 1 aliphatic heterocycles. The van der Waals surface area contributed by atoms with Crippen LogP contribution < -0.4 is 14.4 Å². The van der Waals surface area contributed by atoms with Crippen molar-refractivity contribution in [1.82, 2.24) is 14.9 Å². The van der Waals surface area contributed by atoms with E-state index in [4.69, 9.17) is 14.5 Å². The van der Waals surface area contributed by atoms with E-state index < -0.39 is 0 Å². The average molecular weight is 413 g/mol. The number of amides is 1. The van der Waals surface area contributed by atoms with Gasteiger partial charge < -0.3 is 19.3 Å². The predicted octanol–water partition coefficient (Wildman–Crippen LogP) is 3.21. The van der Waals surface area contributed by atoms with Crippen LogP contribution in [0.1, 0.15) is 43.3 Å². The van der Waals surface area contributed by atoms with Crippen LogP contribution in [0.4, 0.5) is 5.82 Å². The summed E-state index contributed by atoms with van der Waals surface area (Å²) in [5.41, 5.74) is 2.05. The number of nitrogens with zero attached hydrogens (tertiary/aromatic N) is 4. The van der Waals surface area contributed by atoms with Crippen molar-refractivity contribution in [2.45, 2.75) is 39.5 Å². The molecule has 0 N–H and O–H groups in total. The summed E-state index contributed by atoms with van der Waals surface area (Å²) in [6.07, 6.45) is 1.17. The molecule has 0 aliphatic carbocycles. The number of carbonyl (C=O) groups excluding carboxylic acids is 1. The Labute approximate surface area is 179 Å². The average Bonchev–Trinajstić information content (AvgIpc) is 2.76. The Morgan fingerprint density at radius 2 is 1.73 bits per heavy atom. The SMILES string of the molecule is COc1ccc(CCC(=O)N2CCN(c3cc(C)nc(C(C)C)n3)CC2)cc1OC. The first-order valence-corrected chi connectivity index (χ1v) is 10.5. The summed E-state index contributed by atoms with van der Waals surface area (Å²) < 4.78 is 10.6. The number of carbonyl (C=O) groups is 1. The lowest BCUT2D eigenvalue weighted by molar-refractivity contribution is -0.131. The smallest absolute Gasteiger partial charge is 0.223 e.